The molecule has 0 N–H and O–H groups in total. The molecule has 0 amide bonds. The van der Waals surface area contributed by atoms with E-state index in [-0.39, 0.29) is 10.9 Å². The molecule has 0 atom stereocenters. The summed E-state index contributed by atoms with van der Waals surface area (Å²) in [5.74, 6) is 0.0596. The number of benzene rings is 1. The van der Waals surface area contributed by atoms with Gasteiger partial charge in [-0.25, -0.2) is 0 Å². The Bertz CT molecular complexity index is 490. The fraction of sp³-hybridized carbons (Fsp3) is 0.100. The Morgan fingerprint density at radius 3 is 2.93 bits per heavy atom. The first-order chi connectivity index (χ1) is 7.16. The SMILES string of the molecule is FC(F)Oc1ccc2c(Cl)nc#cc2c1. The van der Waals surface area contributed by atoms with Crippen molar-refractivity contribution in [1.82, 2.24) is 4.98 Å². The van der Waals surface area contributed by atoms with Crippen LogP contribution in [-0.2, 0) is 0 Å². The summed E-state index contributed by atoms with van der Waals surface area (Å²) in [6, 6.07) is 7.02. The van der Waals surface area contributed by atoms with Crippen molar-refractivity contribution in [3.63, 3.8) is 0 Å². The number of fused-ring (bicyclic) bond motifs is 1. The minimum absolute atomic E-state index is 0.0596. The molecule has 0 bridgehead atoms. The van der Waals surface area contributed by atoms with Gasteiger partial charge in [-0.3, -0.25) is 0 Å². The lowest BCUT2D eigenvalue weighted by Gasteiger charge is -2.04. The van der Waals surface area contributed by atoms with Crippen molar-refractivity contribution >= 4 is 22.4 Å². The highest BCUT2D eigenvalue weighted by atomic mass is 35.5. The number of hydrogen-bond acceptors (Lipinski definition) is 2. The monoisotopic (exact) mass is 227 g/mol. The Morgan fingerprint density at radius 1 is 1.40 bits per heavy atom. The van der Waals surface area contributed by atoms with Gasteiger partial charge in [0.1, 0.15) is 10.9 Å². The van der Waals surface area contributed by atoms with Crippen molar-refractivity contribution in [2.45, 2.75) is 6.61 Å². The van der Waals surface area contributed by atoms with E-state index in [1.54, 1.807) is 6.07 Å². The summed E-state index contributed by atoms with van der Waals surface area (Å²) in [7, 11) is 0. The molecule has 0 aliphatic rings. The number of aromatic nitrogens is 1. The van der Waals surface area contributed by atoms with E-state index in [4.69, 9.17) is 11.6 Å². The maximum absolute atomic E-state index is 11.9. The molecule has 0 fully saturated rings. The molecule has 0 saturated heterocycles. The highest BCUT2D eigenvalue weighted by Crippen LogP contribution is 2.24. The predicted octanol–water partition coefficient (Wildman–Crippen LogP) is 3.09. The Labute approximate surface area is 89.4 Å². The molecule has 2 aromatic rings. The minimum Gasteiger partial charge on any atom is -0.435 e. The maximum Gasteiger partial charge on any atom is 0.387 e. The van der Waals surface area contributed by atoms with Gasteiger partial charge in [0.25, 0.3) is 0 Å². The molecule has 0 saturated carbocycles. The topological polar surface area (TPSA) is 22.1 Å². The van der Waals surface area contributed by atoms with Gasteiger partial charge in [-0.1, -0.05) is 11.6 Å². The van der Waals surface area contributed by atoms with Gasteiger partial charge in [-0.2, -0.15) is 13.8 Å². The fourth-order valence-corrected chi connectivity index (χ4v) is 1.39. The number of nitrogens with zero attached hydrogens (tertiary/aromatic N) is 1. The van der Waals surface area contributed by atoms with Crippen molar-refractivity contribution in [2.24, 2.45) is 0 Å². The summed E-state index contributed by atoms with van der Waals surface area (Å²) in [5, 5.41) is 1.41. The Morgan fingerprint density at radius 2 is 2.20 bits per heavy atom. The Kier molecular flexibility index (Phi) is 2.57. The van der Waals surface area contributed by atoms with Crippen molar-refractivity contribution < 1.29 is 13.5 Å². The molecule has 2 rings (SSSR count). The van der Waals surface area contributed by atoms with Crippen LogP contribution in [0.4, 0.5) is 8.78 Å². The summed E-state index contributed by atoms with van der Waals surface area (Å²) < 4.78 is 28.1. The van der Waals surface area contributed by atoms with Crippen LogP contribution >= 0.6 is 11.6 Å². The number of halogens is 3. The van der Waals surface area contributed by atoms with Crippen molar-refractivity contribution in [2.75, 3.05) is 0 Å². The summed E-state index contributed by atoms with van der Waals surface area (Å²) in [4.78, 5) is 3.69. The highest BCUT2D eigenvalue weighted by molar-refractivity contribution is 6.34. The molecule has 1 aromatic carbocycles. The summed E-state index contributed by atoms with van der Waals surface area (Å²) >= 11 is 5.76. The van der Waals surface area contributed by atoms with Gasteiger partial charge < -0.3 is 4.74 Å². The van der Waals surface area contributed by atoms with Crippen LogP contribution in [-0.4, -0.2) is 11.6 Å². The fourth-order valence-electron chi connectivity index (χ4n) is 1.18. The molecule has 0 radical (unpaired) electrons. The average molecular weight is 228 g/mol. The van der Waals surface area contributed by atoms with E-state index in [0.717, 1.165) is 0 Å². The summed E-state index contributed by atoms with van der Waals surface area (Å²) in [5.41, 5.74) is 0. The molecule has 0 aliphatic carbocycles. The predicted molar refractivity (Wildman–Crippen MR) is 51.1 cm³/mol. The average Bonchev–Trinajstić information content (AvgIpc) is 2.17. The van der Waals surface area contributed by atoms with Gasteiger partial charge in [0.05, 0.1) is 0 Å². The smallest absolute Gasteiger partial charge is 0.387 e. The molecular weight excluding hydrogens is 224 g/mol. The third-order valence-electron chi connectivity index (χ3n) is 1.78. The summed E-state index contributed by atoms with van der Waals surface area (Å²) in [6.45, 7) is -2.84. The second kappa shape index (κ2) is 3.87. The third-order valence-corrected chi connectivity index (χ3v) is 2.07. The normalized spacial score (nSPS) is 10.4. The van der Waals surface area contributed by atoms with Gasteiger partial charge in [0.2, 0.25) is 0 Å². The first kappa shape index (κ1) is 9.94. The third kappa shape index (κ3) is 2.08. The molecule has 76 valence electrons. The standard InChI is InChI=1S/C10H4ClF2NO/c11-9-8-2-1-7(15-10(12)13)5-6(8)3-4-14-9/h1-2,5,10H. The van der Waals surface area contributed by atoms with Crippen LogP contribution in [0, 0.1) is 12.3 Å². The summed E-state index contributed by atoms with van der Waals surface area (Å²) in [6.07, 6.45) is 2.43. The second-order valence-electron chi connectivity index (χ2n) is 2.73. The lowest BCUT2D eigenvalue weighted by atomic mass is 10.2. The number of hydrogen-bond donors (Lipinski definition) is 0. The van der Waals surface area contributed by atoms with Crippen LogP contribution in [0.15, 0.2) is 18.2 Å². The zero-order valence-electron chi connectivity index (χ0n) is 7.30. The van der Waals surface area contributed by atoms with Crippen LogP contribution < -0.4 is 4.74 Å². The van der Waals surface area contributed by atoms with E-state index in [1.165, 1.54) is 12.1 Å². The molecule has 0 spiro atoms. The van der Waals surface area contributed by atoms with Crippen LogP contribution in [0.5, 0.6) is 5.75 Å². The van der Waals surface area contributed by atoms with E-state index in [9.17, 15) is 8.78 Å². The molecular formula is C10H4ClF2NO. The van der Waals surface area contributed by atoms with Crippen LogP contribution in [0.2, 0.25) is 5.15 Å². The van der Waals surface area contributed by atoms with E-state index < -0.39 is 6.61 Å². The van der Waals surface area contributed by atoms with Crippen LogP contribution in [0.25, 0.3) is 10.8 Å². The molecule has 0 unspecified atom stereocenters. The van der Waals surface area contributed by atoms with E-state index in [0.29, 0.717) is 10.8 Å². The van der Waals surface area contributed by atoms with E-state index in [1.807, 2.05) is 0 Å². The van der Waals surface area contributed by atoms with Crippen molar-refractivity contribution in [1.29, 1.82) is 0 Å². The number of ether oxygens (including phenoxy) is 1. The van der Waals surface area contributed by atoms with E-state index >= 15 is 0 Å². The highest BCUT2D eigenvalue weighted by Gasteiger charge is 2.06. The first-order valence-electron chi connectivity index (χ1n) is 4.00. The zero-order chi connectivity index (χ0) is 10.8. The van der Waals surface area contributed by atoms with Gasteiger partial charge >= 0.3 is 6.61 Å². The lowest BCUT2D eigenvalue weighted by molar-refractivity contribution is -0.0497. The zero-order valence-corrected chi connectivity index (χ0v) is 8.05. The lowest BCUT2D eigenvalue weighted by Crippen LogP contribution is -2.01. The maximum atomic E-state index is 11.9. The van der Waals surface area contributed by atoms with Crippen LogP contribution in [0.3, 0.4) is 0 Å². The number of alkyl halides is 2. The van der Waals surface area contributed by atoms with Gasteiger partial charge in [-0.15, -0.1) is 0 Å². The van der Waals surface area contributed by atoms with Gasteiger partial charge in [0, 0.05) is 17.0 Å². The molecule has 15 heavy (non-hydrogen) atoms. The van der Waals surface area contributed by atoms with Gasteiger partial charge in [-0.05, 0) is 24.3 Å². The quantitative estimate of drug-likeness (QED) is 0.787. The molecule has 1 aromatic heterocycles. The van der Waals surface area contributed by atoms with Crippen molar-refractivity contribution in [3.8, 4) is 5.75 Å². The Hall–Kier alpha value is -1.60. The molecule has 2 nitrogen and oxygen atoms in total. The molecule has 5 heteroatoms. The molecule has 1 heterocycles. The second-order valence-corrected chi connectivity index (χ2v) is 3.08. The van der Waals surface area contributed by atoms with Crippen molar-refractivity contribution in [3.05, 3.63) is 35.6 Å². The largest absolute Gasteiger partial charge is 0.435 e. The molecule has 0 aliphatic heterocycles. The Balaban J connectivity index is 2.48. The minimum atomic E-state index is -2.84. The first-order valence-corrected chi connectivity index (χ1v) is 4.38. The number of rotatable bonds is 2. The van der Waals surface area contributed by atoms with Gasteiger partial charge in [0.15, 0.2) is 0 Å². The van der Waals surface area contributed by atoms with Crippen LogP contribution in [0.1, 0.15) is 0 Å². The van der Waals surface area contributed by atoms with E-state index in [2.05, 4.69) is 22.0 Å².